The first-order valence-corrected chi connectivity index (χ1v) is 7.61. The van der Waals surface area contributed by atoms with Crippen LogP contribution in [0, 0.1) is 5.41 Å². The first-order valence-electron chi connectivity index (χ1n) is 7.23. The van der Waals surface area contributed by atoms with Crippen LogP contribution in [-0.2, 0) is 4.79 Å². The number of hydrogen-bond donors (Lipinski definition) is 1. The van der Waals surface area contributed by atoms with E-state index in [1.807, 2.05) is 6.07 Å². The lowest BCUT2D eigenvalue weighted by atomic mass is 9.90. The summed E-state index contributed by atoms with van der Waals surface area (Å²) in [6, 6.07) is 8.78. The van der Waals surface area contributed by atoms with Gasteiger partial charge in [0.05, 0.1) is 11.1 Å². The number of hydrogen-bond acceptors (Lipinski definition) is 3. The van der Waals surface area contributed by atoms with Crippen LogP contribution >= 0.6 is 11.6 Å². The molecule has 0 unspecified atom stereocenters. The van der Waals surface area contributed by atoms with Crippen LogP contribution in [0.2, 0.25) is 5.02 Å². The number of rotatable bonds is 3. The Labute approximate surface area is 138 Å². The van der Waals surface area contributed by atoms with Gasteiger partial charge >= 0.3 is 5.97 Å². The monoisotopic (exact) mass is 333 g/mol. The van der Waals surface area contributed by atoms with E-state index < -0.39 is 11.4 Å². The SMILES string of the molecule is C[C@]1(C(=O)O)CCN(C(=O)c2ccn(-c3cccc(Cl)c3)n2)C1. The molecule has 1 aromatic heterocycles. The van der Waals surface area contributed by atoms with E-state index in [4.69, 9.17) is 11.6 Å². The van der Waals surface area contributed by atoms with Crippen LogP contribution in [0.15, 0.2) is 36.5 Å². The molecular formula is C16H16ClN3O3. The van der Waals surface area contributed by atoms with Gasteiger partial charge in [-0.1, -0.05) is 17.7 Å². The van der Waals surface area contributed by atoms with Crippen LogP contribution in [0.5, 0.6) is 0 Å². The Bertz CT molecular complexity index is 773. The predicted octanol–water partition coefficient (Wildman–Crippen LogP) is 2.46. The van der Waals surface area contributed by atoms with E-state index in [0.29, 0.717) is 23.7 Å². The minimum absolute atomic E-state index is 0.200. The van der Waals surface area contributed by atoms with E-state index in [-0.39, 0.29) is 12.5 Å². The molecule has 0 spiro atoms. The Morgan fingerprint density at radius 2 is 2.13 bits per heavy atom. The lowest BCUT2D eigenvalue weighted by molar-refractivity contribution is -0.147. The van der Waals surface area contributed by atoms with Gasteiger partial charge < -0.3 is 10.0 Å². The molecule has 2 aromatic rings. The number of aliphatic carboxylic acids is 1. The summed E-state index contributed by atoms with van der Waals surface area (Å²) < 4.78 is 1.57. The van der Waals surface area contributed by atoms with E-state index in [1.54, 1.807) is 47.0 Å². The van der Waals surface area contributed by atoms with Crippen molar-refractivity contribution in [3.05, 3.63) is 47.2 Å². The van der Waals surface area contributed by atoms with Gasteiger partial charge in [0.25, 0.3) is 5.91 Å². The molecule has 1 N–H and O–H groups in total. The first-order chi connectivity index (χ1) is 10.9. The maximum Gasteiger partial charge on any atom is 0.311 e. The third-order valence-corrected chi connectivity index (χ3v) is 4.39. The number of benzene rings is 1. The van der Waals surface area contributed by atoms with E-state index >= 15 is 0 Å². The highest BCUT2D eigenvalue weighted by atomic mass is 35.5. The van der Waals surface area contributed by atoms with E-state index in [0.717, 1.165) is 5.69 Å². The molecule has 23 heavy (non-hydrogen) atoms. The Balaban J connectivity index is 1.79. The average Bonchev–Trinajstić information content (AvgIpc) is 3.14. The minimum atomic E-state index is -0.884. The summed E-state index contributed by atoms with van der Waals surface area (Å²) in [7, 11) is 0. The number of carboxylic acid groups (broad SMARTS) is 1. The lowest BCUT2D eigenvalue weighted by Crippen LogP contribution is -2.35. The average molecular weight is 334 g/mol. The fourth-order valence-corrected chi connectivity index (χ4v) is 2.86. The van der Waals surface area contributed by atoms with Crippen molar-refractivity contribution in [1.29, 1.82) is 0 Å². The molecule has 0 bridgehead atoms. The number of nitrogens with zero attached hydrogens (tertiary/aromatic N) is 3. The number of carboxylic acids is 1. The second kappa shape index (κ2) is 5.70. The zero-order chi connectivity index (χ0) is 16.6. The van der Waals surface area contributed by atoms with Gasteiger partial charge in [0, 0.05) is 24.3 Å². The zero-order valence-electron chi connectivity index (χ0n) is 12.6. The Kier molecular flexibility index (Phi) is 3.85. The van der Waals surface area contributed by atoms with Gasteiger partial charge in [-0.25, -0.2) is 4.68 Å². The van der Waals surface area contributed by atoms with Crippen molar-refractivity contribution >= 4 is 23.5 Å². The quantitative estimate of drug-likeness (QED) is 0.936. The molecule has 1 aliphatic heterocycles. The van der Waals surface area contributed by atoms with Crippen LogP contribution in [0.25, 0.3) is 5.69 Å². The van der Waals surface area contributed by atoms with Crippen molar-refractivity contribution in [2.24, 2.45) is 5.41 Å². The summed E-state index contributed by atoms with van der Waals surface area (Å²) in [5.74, 6) is -1.13. The molecule has 0 radical (unpaired) electrons. The number of halogens is 1. The molecular weight excluding hydrogens is 318 g/mol. The second-order valence-corrected chi connectivity index (χ2v) is 6.40. The van der Waals surface area contributed by atoms with Crippen LogP contribution in [0.3, 0.4) is 0 Å². The van der Waals surface area contributed by atoms with Gasteiger partial charge in [-0.3, -0.25) is 9.59 Å². The topological polar surface area (TPSA) is 75.4 Å². The summed E-state index contributed by atoms with van der Waals surface area (Å²) in [6.45, 7) is 2.28. The van der Waals surface area contributed by atoms with Crippen molar-refractivity contribution in [3.8, 4) is 5.69 Å². The van der Waals surface area contributed by atoms with Gasteiger partial charge in [0.15, 0.2) is 5.69 Å². The molecule has 1 saturated heterocycles. The second-order valence-electron chi connectivity index (χ2n) is 5.97. The van der Waals surface area contributed by atoms with Crippen molar-refractivity contribution in [3.63, 3.8) is 0 Å². The molecule has 0 aliphatic carbocycles. The van der Waals surface area contributed by atoms with Crippen LogP contribution in [-0.4, -0.2) is 44.8 Å². The summed E-state index contributed by atoms with van der Waals surface area (Å²) in [5.41, 5.74) is 0.165. The molecule has 6 nitrogen and oxygen atoms in total. The molecule has 1 amide bonds. The smallest absolute Gasteiger partial charge is 0.311 e. The molecule has 120 valence electrons. The molecule has 1 atom stereocenters. The van der Waals surface area contributed by atoms with Gasteiger partial charge in [-0.15, -0.1) is 0 Å². The first kappa shape index (κ1) is 15.6. The Morgan fingerprint density at radius 3 is 2.78 bits per heavy atom. The fourth-order valence-electron chi connectivity index (χ4n) is 2.67. The highest BCUT2D eigenvalue weighted by molar-refractivity contribution is 6.30. The van der Waals surface area contributed by atoms with Crippen LogP contribution < -0.4 is 0 Å². The maximum atomic E-state index is 12.5. The number of likely N-dealkylation sites (tertiary alicyclic amines) is 1. The van der Waals surface area contributed by atoms with Gasteiger partial charge in [0.1, 0.15) is 0 Å². The van der Waals surface area contributed by atoms with Crippen molar-refractivity contribution in [2.45, 2.75) is 13.3 Å². The summed E-state index contributed by atoms with van der Waals surface area (Å²) in [6.07, 6.45) is 2.13. The molecule has 1 aromatic carbocycles. The van der Waals surface area contributed by atoms with Gasteiger partial charge in [0.2, 0.25) is 0 Å². The molecule has 1 aliphatic rings. The lowest BCUT2D eigenvalue weighted by Gasteiger charge is -2.19. The Hall–Kier alpha value is -2.34. The van der Waals surface area contributed by atoms with Crippen molar-refractivity contribution in [2.75, 3.05) is 13.1 Å². The Morgan fingerprint density at radius 1 is 1.35 bits per heavy atom. The van der Waals surface area contributed by atoms with E-state index in [2.05, 4.69) is 5.10 Å². The van der Waals surface area contributed by atoms with Gasteiger partial charge in [-0.05, 0) is 37.6 Å². The molecule has 3 rings (SSSR count). The summed E-state index contributed by atoms with van der Waals surface area (Å²) >= 11 is 5.96. The number of amides is 1. The maximum absolute atomic E-state index is 12.5. The third-order valence-electron chi connectivity index (χ3n) is 4.16. The molecule has 1 fully saturated rings. The van der Waals surface area contributed by atoms with Crippen LogP contribution in [0.1, 0.15) is 23.8 Å². The summed E-state index contributed by atoms with van der Waals surface area (Å²) in [4.78, 5) is 25.3. The fraction of sp³-hybridized carbons (Fsp3) is 0.312. The normalized spacial score (nSPS) is 20.7. The predicted molar refractivity (Wildman–Crippen MR) is 84.8 cm³/mol. The molecule has 2 heterocycles. The largest absolute Gasteiger partial charge is 0.481 e. The summed E-state index contributed by atoms with van der Waals surface area (Å²) in [5, 5.41) is 14.1. The van der Waals surface area contributed by atoms with Crippen LogP contribution in [0.4, 0.5) is 0 Å². The van der Waals surface area contributed by atoms with Gasteiger partial charge in [-0.2, -0.15) is 5.10 Å². The van der Waals surface area contributed by atoms with E-state index in [1.165, 1.54) is 0 Å². The number of carbonyl (C=O) groups excluding carboxylic acids is 1. The zero-order valence-corrected chi connectivity index (χ0v) is 13.3. The van der Waals surface area contributed by atoms with Crippen molar-refractivity contribution < 1.29 is 14.7 Å². The van der Waals surface area contributed by atoms with E-state index in [9.17, 15) is 14.7 Å². The molecule has 0 saturated carbocycles. The third kappa shape index (κ3) is 2.94. The standard InChI is InChI=1S/C16H16ClN3O3/c1-16(15(22)23)6-8-19(10-16)14(21)13-5-7-20(18-13)12-4-2-3-11(17)9-12/h2-5,7,9H,6,8,10H2,1H3,(H,22,23)/t16-/m0/s1. The highest BCUT2D eigenvalue weighted by Gasteiger charge is 2.42. The highest BCUT2D eigenvalue weighted by Crippen LogP contribution is 2.30. The molecule has 7 heteroatoms. The van der Waals surface area contributed by atoms with Crippen molar-refractivity contribution in [1.82, 2.24) is 14.7 Å². The minimum Gasteiger partial charge on any atom is -0.481 e. The number of aromatic nitrogens is 2. The number of carbonyl (C=O) groups is 2.